The van der Waals surface area contributed by atoms with Crippen LogP contribution in [0, 0.1) is 0 Å². The van der Waals surface area contributed by atoms with Crippen LogP contribution in [0.25, 0.3) is 11.1 Å². The molecule has 2 atom stereocenters. The molecule has 2 aromatic rings. The third-order valence-corrected chi connectivity index (χ3v) is 5.79. The lowest BCUT2D eigenvalue weighted by Gasteiger charge is -2.41. The third-order valence-electron chi connectivity index (χ3n) is 5.06. The average Bonchev–Trinajstić information content (AvgIpc) is 2.68. The van der Waals surface area contributed by atoms with Crippen molar-refractivity contribution in [2.45, 2.75) is 51.3 Å². The van der Waals surface area contributed by atoms with Crippen LogP contribution in [0.15, 0.2) is 48.8 Å². The van der Waals surface area contributed by atoms with Gasteiger partial charge in [0.1, 0.15) is 0 Å². The first-order chi connectivity index (χ1) is 14.2. The molecule has 8 heteroatoms. The summed E-state index contributed by atoms with van der Waals surface area (Å²) in [5.74, 6) is 0. The van der Waals surface area contributed by atoms with Crippen LogP contribution in [0.3, 0.4) is 0 Å². The maximum Gasteiger partial charge on any atom is 0.410 e. The average molecular weight is 432 g/mol. The van der Waals surface area contributed by atoms with Gasteiger partial charge in [0.05, 0.1) is 18.4 Å². The zero-order chi connectivity index (χ0) is 21.7. The molecule has 0 bridgehead atoms. The van der Waals surface area contributed by atoms with E-state index in [9.17, 15) is 13.2 Å². The number of hydrogen-bond donors (Lipinski definition) is 1. The number of aromatic nitrogens is 1. The highest BCUT2D eigenvalue weighted by Crippen LogP contribution is 2.25. The summed E-state index contributed by atoms with van der Waals surface area (Å²) in [6, 6.07) is 11.2. The molecule has 1 aromatic heterocycles. The van der Waals surface area contributed by atoms with E-state index in [1.54, 1.807) is 31.1 Å². The molecule has 1 amide bonds. The number of hydrogen-bond acceptors (Lipinski definition) is 5. The van der Waals surface area contributed by atoms with Crippen molar-refractivity contribution in [1.82, 2.24) is 14.6 Å². The van der Waals surface area contributed by atoms with E-state index in [0.29, 0.717) is 25.8 Å². The van der Waals surface area contributed by atoms with Crippen molar-refractivity contribution in [3.05, 3.63) is 54.4 Å². The number of ether oxygens (including phenoxy) is 1. The first-order valence-electron chi connectivity index (χ1n) is 10.2. The Bertz CT molecular complexity index is 963. The fraction of sp³-hybridized carbons (Fsp3) is 0.455. The van der Waals surface area contributed by atoms with Gasteiger partial charge in [0.2, 0.25) is 10.0 Å². The number of sulfonamides is 1. The number of benzene rings is 1. The quantitative estimate of drug-likeness (QED) is 0.759. The lowest BCUT2D eigenvalue weighted by atomic mass is 9.91. The van der Waals surface area contributed by atoms with Crippen molar-refractivity contribution in [1.29, 1.82) is 0 Å². The SMILES string of the molecule is CC(C)OC(=O)N1CCCC(NS(C)(=O)=O)C1Cc1cncc(-c2ccccc2)c1. The molecule has 7 nitrogen and oxygen atoms in total. The van der Waals surface area contributed by atoms with E-state index in [2.05, 4.69) is 9.71 Å². The van der Waals surface area contributed by atoms with Crippen LogP contribution in [0.1, 0.15) is 32.3 Å². The van der Waals surface area contributed by atoms with Gasteiger partial charge in [0.25, 0.3) is 0 Å². The lowest BCUT2D eigenvalue weighted by Crippen LogP contribution is -2.58. The van der Waals surface area contributed by atoms with E-state index in [1.165, 1.54) is 0 Å². The molecule has 3 rings (SSSR count). The highest BCUT2D eigenvalue weighted by Gasteiger charge is 2.37. The molecule has 0 aliphatic carbocycles. The molecule has 2 unspecified atom stereocenters. The van der Waals surface area contributed by atoms with Crippen molar-refractivity contribution in [3.63, 3.8) is 0 Å². The van der Waals surface area contributed by atoms with Crippen LogP contribution in [-0.4, -0.2) is 55.4 Å². The molecule has 1 fully saturated rings. The molecule has 1 saturated heterocycles. The number of likely N-dealkylation sites (tertiary alicyclic amines) is 1. The lowest BCUT2D eigenvalue weighted by molar-refractivity contribution is 0.0461. The van der Waals surface area contributed by atoms with Crippen molar-refractivity contribution in [2.75, 3.05) is 12.8 Å². The van der Waals surface area contributed by atoms with Gasteiger partial charge in [-0.25, -0.2) is 17.9 Å². The number of piperidine rings is 1. The second-order valence-corrected chi connectivity index (χ2v) is 9.76. The van der Waals surface area contributed by atoms with E-state index in [0.717, 1.165) is 22.9 Å². The Labute approximate surface area is 178 Å². The van der Waals surface area contributed by atoms with Crippen LogP contribution in [0.4, 0.5) is 4.79 Å². The van der Waals surface area contributed by atoms with E-state index in [4.69, 9.17) is 4.74 Å². The van der Waals surface area contributed by atoms with Crippen molar-refractivity contribution in [3.8, 4) is 11.1 Å². The summed E-state index contributed by atoms with van der Waals surface area (Å²) in [7, 11) is -3.42. The Morgan fingerprint density at radius 2 is 1.97 bits per heavy atom. The Balaban J connectivity index is 1.89. The standard InChI is InChI=1S/C22H29N3O4S/c1-16(2)29-22(26)25-11-7-10-20(24-30(3,27)28)21(25)13-17-12-19(15-23-14-17)18-8-5-4-6-9-18/h4-6,8-9,12,14-16,20-21,24H,7,10-11,13H2,1-3H3. The Morgan fingerprint density at radius 1 is 1.23 bits per heavy atom. The largest absolute Gasteiger partial charge is 0.447 e. The molecular weight excluding hydrogens is 402 g/mol. The minimum atomic E-state index is -3.42. The second kappa shape index (κ2) is 9.57. The normalized spacial score (nSPS) is 19.7. The topological polar surface area (TPSA) is 88.6 Å². The molecular formula is C22H29N3O4S. The third kappa shape index (κ3) is 6.03. The monoisotopic (exact) mass is 431 g/mol. The Hall–Kier alpha value is -2.45. The maximum atomic E-state index is 12.7. The zero-order valence-electron chi connectivity index (χ0n) is 17.6. The first-order valence-corrected chi connectivity index (χ1v) is 12.1. The number of nitrogens with zero attached hydrogens (tertiary/aromatic N) is 2. The predicted molar refractivity (Wildman–Crippen MR) is 116 cm³/mol. The van der Waals surface area contributed by atoms with Gasteiger partial charge in [-0.2, -0.15) is 0 Å². The molecule has 1 aromatic carbocycles. The number of rotatable bonds is 6. The summed E-state index contributed by atoms with van der Waals surface area (Å²) in [4.78, 5) is 18.7. The summed E-state index contributed by atoms with van der Waals surface area (Å²) in [6.45, 7) is 4.14. The minimum Gasteiger partial charge on any atom is -0.447 e. The van der Waals surface area contributed by atoms with Crippen LogP contribution in [0.5, 0.6) is 0 Å². The van der Waals surface area contributed by atoms with Crippen LogP contribution < -0.4 is 4.72 Å². The Morgan fingerprint density at radius 3 is 2.63 bits per heavy atom. The molecule has 0 spiro atoms. The summed E-state index contributed by atoms with van der Waals surface area (Å²) in [6.07, 6.45) is 5.91. The zero-order valence-corrected chi connectivity index (χ0v) is 18.4. The predicted octanol–water partition coefficient (Wildman–Crippen LogP) is 3.22. The van der Waals surface area contributed by atoms with Crippen LogP contribution in [0.2, 0.25) is 0 Å². The van der Waals surface area contributed by atoms with Gasteiger partial charge in [-0.05, 0) is 50.3 Å². The smallest absolute Gasteiger partial charge is 0.410 e. The number of pyridine rings is 1. The van der Waals surface area contributed by atoms with Gasteiger partial charge >= 0.3 is 6.09 Å². The molecule has 1 N–H and O–H groups in total. The number of amides is 1. The summed E-state index contributed by atoms with van der Waals surface area (Å²) in [5, 5.41) is 0. The molecule has 1 aliphatic rings. The van der Waals surface area contributed by atoms with Crippen molar-refractivity contribution >= 4 is 16.1 Å². The van der Waals surface area contributed by atoms with E-state index < -0.39 is 16.1 Å². The molecule has 0 radical (unpaired) electrons. The number of carbonyl (C=O) groups excluding carboxylic acids is 1. The molecule has 30 heavy (non-hydrogen) atoms. The Kier molecular flexibility index (Phi) is 7.10. The van der Waals surface area contributed by atoms with Gasteiger partial charge < -0.3 is 9.64 Å². The van der Waals surface area contributed by atoms with Crippen LogP contribution in [-0.2, 0) is 21.2 Å². The van der Waals surface area contributed by atoms with Gasteiger partial charge in [0, 0.05) is 30.5 Å². The fourth-order valence-electron chi connectivity index (χ4n) is 3.85. The summed E-state index contributed by atoms with van der Waals surface area (Å²) >= 11 is 0. The highest BCUT2D eigenvalue weighted by atomic mass is 32.2. The summed E-state index contributed by atoms with van der Waals surface area (Å²) < 4.78 is 32.0. The highest BCUT2D eigenvalue weighted by molar-refractivity contribution is 7.88. The molecule has 162 valence electrons. The molecule has 2 heterocycles. The fourth-order valence-corrected chi connectivity index (χ4v) is 4.67. The van der Waals surface area contributed by atoms with Gasteiger partial charge in [0.15, 0.2) is 0 Å². The van der Waals surface area contributed by atoms with Gasteiger partial charge in [-0.1, -0.05) is 30.3 Å². The maximum absolute atomic E-state index is 12.7. The second-order valence-electron chi connectivity index (χ2n) is 7.98. The van der Waals surface area contributed by atoms with Crippen LogP contribution >= 0.6 is 0 Å². The number of carbonyl (C=O) groups is 1. The van der Waals surface area contributed by atoms with Crippen molar-refractivity contribution < 1.29 is 17.9 Å². The molecule has 0 saturated carbocycles. The van der Waals surface area contributed by atoms with E-state index >= 15 is 0 Å². The minimum absolute atomic E-state index is 0.246. The van der Waals surface area contributed by atoms with E-state index in [1.807, 2.05) is 36.4 Å². The van der Waals surface area contributed by atoms with E-state index in [-0.39, 0.29) is 18.2 Å². The van der Waals surface area contributed by atoms with Crippen molar-refractivity contribution in [2.24, 2.45) is 0 Å². The first kappa shape index (κ1) is 22.2. The molecule has 1 aliphatic heterocycles. The summed E-state index contributed by atoms with van der Waals surface area (Å²) in [5.41, 5.74) is 2.97. The number of nitrogens with one attached hydrogen (secondary N) is 1. The van der Waals surface area contributed by atoms with Gasteiger partial charge in [-0.15, -0.1) is 0 Å². The van der Waals surface area contributed by atoms with Gasteiger partial charge in [-0.3, -0.25) is 4.98 Å².